The second-order valence-corrected chi connectivity index (χ2v) is 9.11. The van der Waals surface area contributed by atoms with Crippen LogP contribution in [0, 0.1) is 0 Å². The number of amides is 1. The van der Waals surface area contributed by atoms with Crippen molar-refractivity contribution in [2.24, 2.45) is 0 Å². The molecule has 3 rings (SSSR count). The van der Waals surface area contributed by atoms with Gasteiger partial charge in [-0.1, -0.05) is 48.0 Å². The Morgan fingerprint density at radius 1 is 0.900 bits per heavy atom. The first-order chi connectivity index (χ1) is 14.7. The molecule has 0 saturated carbocycles. The number of benzene rings is 3. The molecule has 0 heterocycles. The number of thioether (sulfide) groups is 2. The van der Waals surface area contributed by atoms with Gasteiger partial charge in [-0.3, -0.25) is 4.79 Å². The van der Waals surface area contributed by atoms with E-state index in [1.165, 1.54) is 4.90 Å². The largest absolute Gasteiger partial charge is 0.493 e. The molecule has 0 aromatic heterocycles. The molecule has 3 aromatic rings. The lowest BCUT2D eigenvalue weighted by molar-refractivity contribution is 0.0956. The molecule has 1 N–H and O–H groups in total. The van der Waals surface area contributed by atoms with Crippen molar-refractivity contribution >= 4 is 41.0 Å². The Morgan fingerprint density at radius 2 is 1.63 bits per heavy atom. The predicted octanol–water partition coefficient (Wildman–Crippen LogP) is 6.17. The van der Waals surface area contributed by atoms with E-state index >= 15 is 0 Å². The van der Waals surface area contributed by atoms with Crippen LogP contribution in [0.2, 0.25) is 5.02 Å². The lowest BCUT2D eigenvalue weighted by Crippen LogP contribution is -2.25. The van der Waals surface area contributed by atoms with E-state index in [0.29, 0.717) is 18.7 Å². The van der Waals surface area contributed by atoms with Crippen LogP contribution in [0.4, 0.5) is 0 Å². The highest BCUT2D eigenvalue weighted by Crippen LogP contribution is 2.20. The maximum atomic E-state index is 12.3. The standard InChI is InChI=1S/C24H24ClNO2S2/c25-23-9-5-4-6-20(23)18-29-16-14-26-24(27)19-10-12-21(13-11-19)28-15-17-30-22-7-2-1-3-8-22/h1-13H,14-18H2,(H,26,27). The fraction of sp³-hybridized carbons (Fsp3) is 0.208. The second-order valence-electron chi connectivity index (χ2n) is 6.43. The first-order valence-corrected chi connectivity index (χ1v) is 12.2. The summed E-state index contributed by atoms with van der Waals surface area (Å²) in [5.74, 6) is 3.24. The lowest BCUT2D eigenvalue weighted by Gasteiger charge is -2.08. The molecule has 0 aliphatic carbocycles. The van der Waals surface area contributed by atoms with Crippen molar-refractivity contribution in [1.29, 1.82) is 0 Å². The van der Waals surface area contributed by atoms with Gasteiger partial charge in [0.15, 0.2) is 0 Å². The lowest BCUT2D eigenvalue weighted by atomic mass is 10.2. The van der Waals surface area contributed by atoms with Crippen LogP contribution in [0.25, 0.3) is 0 Å². The van der Waals surface area contributed by atoms with Crippen LogP contribution in [0.3, 0.4) is 0 Å². The van der Waals surface area contributed by atoms with Crippen LogP contribution < -0.4 is 10.1 Å². The van der Waals surface area contributed by atoms with E-state index in [9.17, 15) is 4.79 Å². The van der Waals surface area contributed by atoms with Crippen LogP contribution in [0.15, 0.2) is 83.8 Å². The van der Waals surface area contributed by atoms with Crippen molar-refractivity contribution < 1.29 is 9.53 Å². The van der Waals surface area contributed by atoms with Gasteiger partial charge in [-0.05, 0) is 48.0 Å². The van der Waals surface area contributed by atoms with Crippen LogP contribution in [-0.2, 0) is 5.75 Å². The number of halogens is 1. The molecule has 0 aliphatic rings. The number of ether oxygens (including phenoxy) is 1. The molecular formula is C24H24ClNO2S2. The molecule has 30 heavy (non-hydrogen) atoms. The van der Waals surface area contributed by atoms with E-state index in [-0.39, 0.29) is 5.91 Å². The van der Waals surface area contributed by atoms with E-state index < -0.39 is 0 Å². The zero-order chi connectivity index (χ0) is 21.0. The molecule has 1 amide bonds. The minimum Gasteiger partial charge on any atom is -0.493 e. The third-order valence-corrected chi connectivity index (χ3v) is 6.58. The molecular weight excluding hydrogens is 434 g/mol. The van der Waals surface area contributed by atoms with Crippen molar-refractivity contribution in [3.63, 3.8) is 0 Å². The van der Waals surface area contributed by atoms with E-state index in [1.807, 2.05) is 54.6 Å². The maximum absolute atomic E-state index is 12.3. The highest BCUT2D eigenvalue weighted by atomic mass is 35.5. The van der Waals surface area contributed by atoms with Crippen LogP contribution in [-0.4, -0.2) is 30.6 Å². The Balaban J connectivity index is 1.32. The highest BCUT2D eigenvalue weighted by Gasteiger charge is 2.06. The maximum Gasteiger partial charge on any atom is 0.251 e. The summed E-state index contributed by atoms with van der Waals surface area (Å²) < 4.78 is 5.76. The van der Waals surface area contributed by atoms with Gasteiger partial charge in [0.1, 0.15) is 5.75 Å². The summed E-state index contributed by atoms with van der Waals surface area (Å²) in [6.45, 7) is 1.23. The normalized spacial score (nSPS) is 10.6. The van der Waals surface area contributed by atoms with Crippen molar-refractivity contribution in [3.05, 3.63) is 95.0 Å². The van der Waals surface area contributed by atoms with Gasteiger partial charge in [-0.2, -0.15) is 11.8 Å². The number of nitrogens with one attached hydrogen (secondary N) is 1. The molecule has 0 spiro atoms. The van der Waals surface area contributed by atoms with Crippen LogP contribution >= 0.6 is 35.1 Å². The number of carbonyl (C=O) groups is 1. The van der Waals surface area contributed by atoms with E-state index in [4.69, 9.17) is 16.3 Å². The molecule has 0 aliphatic heterocycles. The zero-order valence-corrected chi connectivity index (χ0v) is 18.9. The van der Waals surface area contributed by atoms with E-state index in [2.05, 4.69) is 17.4 Å². The fourth-order valence-electron chi connectivity index (χ4n) is 2.67. The zero-order valence-electron chi connectivity index (χ0n) is 16.6. The summed E-state index contributed by atoms with van der Waals surface area (Å²) in [6.07, 6.45) is 0. The summed E-state index contributed by atoms with van der Waals surface area (Å²) in [7, 11) is 0. The van der Waals surface area contributed by atoms with Crippen molar-refractivity contribution in [1.82, 2.24) is 5.32 Å². The Hall–Kier alpha value is -2.08. The van der Waals surface area contributed by atoms with E-state index in [1.54, 1.807) is 35.7 Å². The van der Waals surface area contributed by atoms with Crippen molar-refractivity contribution in [3.8, 4) is 5.75 Å². The summed E-state index contributed by atoms with van der Waals surface area (Å²) in [6, 6.07) is 25.4. The molecule has 0 bridgehead atoms. The SMILES string of the molecule is O=C(NCCSCc1ccccc1Cl)c1ccc(OCCSc2ccccc2)cc1. The Bertz CT molecular complexity index is 920. The predicted molar refractivity (Wildman–Crippen MR) is 129 cm³/mol. The van der Waals surface area contributed by atoms with Gasteiger partial charge in [-0.25, -0.2) is 0 Å². The van der Waals surface area contributed by atoms with Gasteiger partial charge in [0.25, 0.3) is 5.91 Å². The summed E-state index contributed by atoms with van der Waals surface area (Å²) in [4.78, 5) is 13.5. The number of hydrogen-bond acceptors (Lipinski definition) is 4. The van der Waals surface area contributed by atoms with E-state index in [0.717, 1.165) is 33.6 Å². The molecule has 3 nitrogen and oxygen atoms in total. The first kappa shape index (κ1) is 22.6. The summed E-state index contributed by atoms with van der Waals surface area (Å²) in [5, 5.41) is 3.74. The van der Waals surface area contributed by atoms with Gasteiger partial charge < -0.3 is 10.1 Å². The third kappa shape index (κ3) is 7.63. The number of carbonyl (C=O) groups excluding carboxylic acids is 1. The fourth-order valence-corrected chi connectivity index (χ4v) is 4.57. The van der Waals surface area contributed by atoms with Crippen LogP contribution in [0.1, 0.15) is 15.9 Å². The Labute approximate surface area is 191 Å². The summed E-state index contributed by atoms with van der Waals surface area (Å²) in [5.41, 5.74) is 1.75. The smallest absolute Gasteiger partial charge is 0.251 e. The molecule has 6 heteroatoms. The minimum absolute atomic E-state index is 0.0699. The Morgan fingerprint density at radius 3 is 2.40 bits per heavy atom. The molecule has 3 aromatic carbocycles. The minimum atomic E-state index is -0.0699. The Kier molecular flexibility index (Phi) is 9.48. The van der Waals surface area contributed by atoms with Gasteiger partial charge in [-0.15, -0.1) is 11.8 Å². The monoisotopic (exact) mass is 457 g/mol. The number of hydrogen-bond donors (Lipinski definition) is 1. The van der Waals surface area contributed by atoms with Gasteiger partial charge in [0, 0.05) is 39.3 Å². The first-order valence-electron chi connectivity index (χ1n) is 9.72. The van der Waals surface area contributed by atoms with Gasteiger partial charge in [0.05, 0.1) is 6.61 Å². The van der Waals surface area contributed by atoms with Crippen molar-refractivity contribution in [2.45, 2.75) is 10.6 Å². The van der Waals surface area contributed by atoms with Gasteiger partial charge in [0.2, 0.25) is 0 Å². The molecule has 0 fully saturated rings. The average molecular weight is 458 g/mol. The average Bonchev–Trinajstić information content (AvgIpc) is 2.78. The topological polar surface area (TPSA) is 38.3 Å². The van der Waals surface area contributed by atoms with Gasteiger partial charge >= 0.3 is 0 Å². The molecule has 0 radical (unpaired) electrons. The highest BCUT2D eigenvalue weighted by molar-refractivity contribution is 7.99. The molecule has 0 atom stereocenters. The quantitative estimate of drug-likeness (QED) is 0.276. The number of rotatable bonds is 11. The molecule has 0 unspecified atom stereocenters. The second kappa shape index (κ2) is 12.6. The van der Waals surface area contributed by atoms with Crippen molar-refractivity contribution in [2.75, 3.05) is 24.7 Å². The van der Waals surface area contributed by atoms with Crippen LogP contribution in [0.5, 0.6) is 5.75 Å². The molecule has 156 valence electrons. The molecule has 0 saturated heterocycles. The third-order valence-electron chi connectivity index (χ3n) is 4.23. The summed E-state index contributed by atoms with van der Waals surface area (Å²) >= 11 is 9.66.